The number of fused-ring (bicyclic) bond motifs is 1. The van der Waals surface area contributed by atoms with Gasteiger partial charge < -0.3 is 5.32 Å². The summed E-state index contributed by atoms with van der Waals surface area (Å²) in [5, 5.41) is 5.17. The van der Waals surface area contributed by atoms with E-state index in [1.807, 2.05) is 18.2 Å². The Kier molecular flexibility index (Phi) is 7.44. The fraction of sp³-hybridized carbons (Fsp3) is 0.556. The maximum Gasteiger partial charge on any atom is 0.137 e. The van der Waals surface area contributed by atoms with E-state index in [2.05, 4.69) is 22.2 Å². The van der Waals surface area contributed by atoms with E-state index >= 15 is 0 Å². The first-order valence-electron chi connectivity index (χ1n) is 8.45. The molecular weight excluding hydrogens is 294 g/mol. The molecule has 1 heterocycles. The molecule has 22 heavy (non-hydrogen) atoms. The Hall–Kier alpha value is -1.35. The van der Waals surface area contributed by atoms with Gasteiger partial charge in [-0.1, -0.05) is 63.5 Å². The number of nitrogens with one attached hydrogen (secondary N) is 1. The van der Waals surface area contributed by atoms with Crippen LogP contribution < -0.4 is 5.32 Å². The third kappa shape index (κ3) is 5.45. The zero-order valence-electron chi connectivity index (χ0n) is 13.4. The van der Waals surface area contributed by atoms with E-state index < -0.39 is 0 Å². The molecule has 1 aromatic carbocycles. The number of halogens is 1. The zero-order valence-corrected chi connectivity index (χ0v) is 14.2. The van der Waals surface area contributed by atoms with E-state index in [4.69, 9.17) is 11.6 Å². The molecule has 0 amide bonds. The topological polar surface area (TPSA) is 37.8 Å². The SMILES string of the molecule is CCCCCCCCCCNc1ncnc2cc(Cl)ccc12. The molecule has 1 aromatic heterocycles. The number of hydrogen-bond donors (Lipinski definition) is 1. The summed E-state index contributed by atoms with van der Waals surface area (Å²) in [6, 6.07) is 5.74. The number of aromatic nitrogens is 2. The van der Waals surface area contributed by atoms with Crippen LogP contribution in [0.15, 0.2) is 24.5 Å². The third-order valence-corrected chi connectivity index (χ3v) is 4.16. The molecule has 0 spiro atoms. The highest BCUT2D eigenvalue weighted by Gasteiger charge is 2.03. The van der Waals surface area contributed by atoms with Crippen molar-refractivity contribution in [3.05, 3.63) is 29.5 Å². The summed E-state index contributed by atoms with van der Waals surface area (Å²) < 4.78 is 0. The predicted molar refractivity (Wildman–Crippen MR) is 95.6 cm³/mol. The summed E-state index contributed by atoms with van der Waals surface area (Å²) in [6.45, 7) is 3.22. The highest BCUT2D eigenvalue weighted by atomic mass is 35.5. The largest absolute Gasteiger partial charge is 0.369 e. The molecule has 2 rings (SSSR count). The molecule has 0 radical (unpaired) electrons. The summed E-state index contributed by atoms with van der Waals surface area (Å²) in [6.07, 6.45) is 12.3. The molecule has 4 heteroatoms. The van der Waals surface area contributed by atoms with Gasteiger partial charge in [0.1, 0.15) is 12.1 Å². The average molecular weight is 320 g/mol. The molecule has 2 aromatic rings. The van der Waals surface area contributed by atoms with Crippen LogP contribution in [0.5, 0.6) is 0 Å². The number of nitrogens with zero attached hydrogens (tertiary/aromatic N) is 2. The molecule has 0 saturated heterocycles. The van der Waals surface area contributed by atoms with Crippen LogP contribution in [0.4, 0.5) is 5.82 Å². The van der Waals surface area contributed by atoms with Crippen LogP contribution in [-0.2, 0) is 0 Å². The summed E-state index contributed by atoms with van der Waals surface area (Å²) in [5.41, 5.74) is 0.890. The Labute approximate surface area is 138 Å². The van der Waals surface area contributed by atoms with Crippen LogP contribution in [0.25, 0.3) is 10.9 Å². The van der Waals surface area contributed by atoms with E-state index in [0.717, 1.165) is 23.3 Å². The molecule has 0 atom stereocenters. The predicted octanol–water partition coefficient (Wildman–Crippen LogP) is 5.84. The number of unbranched alkanes of at least 4 members (excludes halogenated alkanes) is 7. The number of benzene rings is 1. The second-order valence-corrected chi connectivity index (χ2v) is 6.22. The number of hydrogen-bond acceptors (Lipinski definition) is 3. The van der Waals surface area contributed by atoms with Crippen molar-refractivity contribution in [3.8, 4) is 0 Å². The molecule has 0 aliphatic rings. The lowest BCUT2D eigenvalue weighted by Crippen LogP contribution is -2.04. The van der Waals surface area contributed by atoms with Gasteiger partial charge in [-0.05, 0) is 24.6 Å². The average Bonchev–Trinajstić information content (AvgIpc) is 2.53. The first-order chi connectivity index (χ1) is 10.8. The fourth-order valence-corrected chi connectivity index (χ4v) is 2.80. The molecule has 3 nitrogen and oxygen atoms in total. The van der Waals surface area contributed by atoms with Crippen molar-refractivity contribution in [2.45, 2.75) is 58.3 Å². The van der Waals surface area contributed by atoms with E-state index in [1.165, 1.54) is 51.4 Å². The lowest BCUT2D eigenvalue weighted by molar-refractivity contribution is 0.581. The van der Waals surface area contributed by atoms with E-state index in [1.54, 1.807) is 6.33 Å². The quantitative estimate of drug-likeness (QED) is 0.559. The van der Waals surface area contributed by atoms with Crippen LogP contribution in [0, 0.1) is 0 Å². The van der Waals surface area contributed by atoms with Gasteiger partial charge in [0.05, 0.1) is 5.52 Å². The van der Waals surface area contributed by atoms with Crippen LogP contribution in [0.3, 0.4) is 0 Å². The highest BCUT2D eigenvalue weighted by molar-refractivity contribution is 6.31. The van der Waals surface area contributed by atoms with Gasteiger partial charge in [0, 0.05) is 17.0 Å². The molecule has 1 N–H and O–H groups in total. The monoisotopic (exact) mass is 319 g/mol. The van der Waals surface area contributed by atoms with Crippen molar-refractivity contribution in [1.82, 2.24) is 9.97 Å². The third-order valence-electron chi connectivity index (χ3n) is 3.92. The minimum absolute atomic E-state index is 0.709. The maximum atomic E-state index is 6.00. The van der Waals surface area contributed by atoms with Gasteiger partial charge in [0.25, 0.3) is 0 Å². The van der Waals surface area contributed by atoms with Crippen LogP contribution in [0.2, 0.25) is 5.02 Å². The van der Waals surface area contributed by atoms with Crippen LogP contribution in [0.1, 0.15) is 58.3 Å². The molecule has 0 bridgehead atoms. The Morgan fingerprint density at radius 3 is 2.45 bits per heavy atom. The summed E-state index contributed by atoms with van der Waals surface area (Å²) in [4.78, 5) is 8.60. The summed E-state index contributed by atoms with van der Waals surface area (Å²) in [5.74, 6) is 0.907. The minimum atomic E-state index is 0.709. The van der Waals surface area contributed by atoms with Crippen molar-refractivity contribution in [2.24, 2.45) is 0 Å². The van der Waals surface area contributed by atoms with Crippen molar-refractivity contribution in [2.75, 3.05) is 11.9 Å². The van der Waals surface area contributed by atoms with Crippen LogP contribution in [-0.4, -0.2) is 16.5 Å². The van der Waals surface area contributed by atoms with Crippen molar-refractivity contribution < 1.29 is 0 Å². The zero-order chi connectivity index (χ0) is 15.6. The van der Waals surface area contributed by atoms with Crippen LogP contribution >= 0.6 is 11.6 Å². The van der Waals surface area contributed by atoms with Gasteiger partial charge in [-0.3, -0.25) is 0 Å². The van der Waals surface area contributed by atoms with E-state index in [9.17, 15) is 0 Å². The number of rotatable bonds is 10. The van der Waals surface area contributed by atoms with Crippen molar-refractivity contribution in [1.29, 1.82) is 0 Å². The van der Waals surface area contributed by atoms with E-state index in [-0.39, 0.29) is 0 Å². The maximum absolute atomic E-state index is 6.00. The van der Waals surface area contributed by atoms with Crippen molar-refractivity contribution in [3.63, 3.8) is 0 Å². The normalized spacial score (nSPS) is 11.0. The lowest BCUT2D eigenvalue weighted by Gasteiger charge is -2.08. The van der Waals surface area contributed by atoms with Gasteiger partial charge in [-0.15, -0.1) is 0 Å². The van der Waals surface area contributed by atoms with E-state index in [0.29, 0.717) is 5.02 Å². The highest BCUT2D eigenvalue weighted by Crippen LogP contribution is 2.22. The Morgan fingerprint density at radius 2 is 1.68 bits per heavy atom. The van der Waals surface area contributed by atoms with Crippen molar-refractivity contribution >= 4 is 28.3 Å². The summed E-state index contributed by atoms with van der Waals surface area (Å²) in [7, 11) is 0. The van der Waals surface area contributed by atoms with Gasteiger partial charge >= 0.3 is 0 Å². The first-order valence-corrected chi connectivity index (χ1v) is 8.83. The Balaban J connectivity index is 1.69. The standard InChI is InChI=1S/C18H26ClN3/c1-2-3-4-5-6-7-8-9-12-20-18-16-11-10-15(19)13-17(16)21-14-22-18/h10-11,13-14H,2-9,12H2,1H3,(H,20,21,22). The molecule has 0 unspecified atom stereocenters. The Bertz CT molecular complexity index is 571. The number of anilines is 1. The Morgan fingerprint density at radius 1 is 0.955 bits per heavy atom. The molecule has 120 valence electrons. The molecule has 0 fully saturated rings. The second kappa shape index (κ2) is 9.62. The second-order valence-electron chi connectivity index (χ2n) is 5.79. The summed E-state index contributed by atoms with van der Waals surface area (Å²) >= 11 is 6.00. The fourth-order valence-electron chi connectivity index (χ4n) is 2.64. The molecular formula is C18H26ClN3. The lowest BCUT2D eigenvalue weighted by atomic mass is 10.1. The van der Waals surface area contributed by atoms with Gasteiger partial charge in [0.15, 0.2) is 0 Å². The van der Waals surface area contributed by atoms with Gasteiger partial charge in [-0.25, -0.2) is 9.97 Å². The van der Waals surface area contributed by atoms with Gasteiger partial charge in [0.2, 0.25) is 0 Å². The molecule has 0 saturated carbocycles. The molecule has 0 aliphatic carbocycles. The first kappa shape index (κ1) is 17.0. The smallest absolute Gasteiger partial charge is 0.137 e. The minimum Gasteiger partial charge on any atom is -0.369 e. The van der Waals surface area contributed by atoms with Gasteiger partial charge in [-0.2, -0.15) is 0 Å². The molecule has 0 aliphatic heterocycles.